The number of carbonyl (C=O) groups is 3. The normalized spacial score (nSPS) is 15.9. The van der Waals surface area contributed by atoms with E-state index >= 15 is 0 Å². The highest BCUT2D eigenvalue weighted by Gasteiger charge is 2.35. The Morgan fingerprint density at radius 2 is 1.97 bits per heavy atom. The first-order valence-corrected chi connectivity index (χ1v) is 9.64. The van der Waals surface area contributed by atoms with E-state index in [0.717, 1.165) is 11.3 Å². The summed E-state index contributed by atoms with van der Waals surface area (Å²) in [5.41, 5.74) is 2.17. The van der Waals surface area contributed by atoms with E-state index in [0.29, 0.717) is 31.1 Å². The van der Waals surface area contributed by atoms with Gasteiger partial charge in [-0.1, -0.05) is 24.3 Å². The lowest BCUT2D eigenvalue weighted by Gasteiger charge is -2.18. The van der Waals surface area contributed by atoms with E-state index in [2.05, 4.69) is 10.6 Å². The quantitative estimate of drug-likeness (QED) is 0.755. The molecule has 152 valence electrons. The number of amides is 3. The second kappa shape index (κ2) is 9.23. The van der Waals surface area contributed by atoms with Crippen LogP contribution in [0.2, 0.25) is 0 Å². The third-order valence-corrected chi connectivity index (χ3v) is 4.70. The van der Waals surface area contributed by atoms with Gasteiger partial charge in [-0.3, -0.25) is 14.4 Å². The van der Waals surface area contributed by atoms with Crippen molar-refractivity contribution in [1.29, 1.82) is 0 Å². The number of para-hydroxylation sites is 1. The van der Waals surface area contributed by atoms with Gasteiger partial charge >= 0.3 is 0 Å². The van der Waals surface area contributed by atoms with Crippen LogP contribution >= 0.6 is 0 Å². The highest BCUT2D eigenvalue weighted by atomic mass is 16.5. The van der Waals surface area contributed by atoms with Crippen molar-refractivity contribution in [3.63, 3.8) is 0 Å². The molecule has 1 fully saturated rings. The number of ether oxygens (including phenoxy) is 1. The van der Waals surface area contributed by atoms with Gasteiger partial charge in [-0.05, 0) is 31.2 Å². The minimum Gasteiger partial charge on any atom is -0.494 e. The van der Waals surface area contributed by atoms with E-state index in [1.807, 2.05) is 31.2 Å². The van der Waals surface area contributed by atoms with Gasteiger partial charge in [0.15, 0.2) is 0 Å². The molecule has 1 atom stereocenters. The second-order valence-electron chi connectivity index (χ2n) is 6.90. The average Bonchev–Trinajstić information content (AvgIpc) is 3.09. The third kappa shape index (κ3) is 5.13. The van der Waals surface area contributed by atoms with E-state index < -0.39 is 5.92 Å². The molecule has 0 bridgehead atoms. The Morgan fingerprint density at radius 3 is 2.72 bits per heavy atom. The average molecular weight is 395 g/mol. The Morgan fingerprint density at radius 1 is 1.17 bits per heavy atom. The topological polar surface area (TPSA) is 87.7 Å². The summed E-state index contributed by atoms with van der Waals surface area (Å²) >= 11 is 0. The highest BCUT2D eigenvalue weighted by Crippen LogP contribution is 2.27. The van der Waals surface area contributed by atoms with Crippen LogP contribution in [-0.4, -0.2) is 30.9 Å². The smallest absolute Gasteiger partial charge is 0.227 e. The van der Waals surface area contributed by atoms with Crippen LogP contribution in [0.4, 0.5) is 11.4 Å². The van der Waals surface area contributed by atoms with Crippen molar-refractivity contribution >= 4 is 29.1 Å². The van der Waals surface area contributed by atoms with Gasteiger partial charge in [0.05, 0.1) is 12.5 Å². The van der Waals surface area contributed by atoms with Crippen molar-refractivity contribution in [3.8, 4) is 5.75 Å². The van der Waals surface area contributed by atoms with Crippen LogP contribution < -0.4 is 20.3 Å². The van der Waals surface area contributed by atoms with Gasteiger partial charge in [0.2, 0.25) is 17.7 Å². The van der Waals surface area contributed by atoms with Gasteiger partial charge in [-0.25, -0.2) is 0 Å². The van der Waals surface area contributed by atoms with Crippen LogP contribution in [-0.2, 0) is 20.9 Å². The largest absolute Gasteiger partial charge is 0.494 e. The summed E-state index contributed by atoms with van der Waals surface area (Å²) in [7, 11) is 0. The fraction of sp³-hybridized carbons (Fsp3) is 0.318. The summed E-state index contributed by atoms with van der Waals surface area (Å²) < 4.78 is 5.58. The number of rotatable bonds is 7. The SMILES string of the molecule is CCOc1ccccc1CNC(=O)[C@@H]1CC(=O)N(c2cccc(NC(C)=O)c2)C1. The Kier molecular flexibility index (Phi) is 6.49. The van der Waals surface area contributed by atoms with Crippen LogP contribution in [0.1, 0.15) is 25.8 Å². The molecular weight excluding hydrogens is 370 g/mol. The van der Waals surface area contributed by atoms with Gasteiger partial charge in [0, 0.05) is 43.4 Å². The summed E-state index contributed by atoms with van der Waals surface area (Å²) in [6, 6.07) is 14.6. The van der Waals surface area contributed by atoms with E-state index in [4.69, 9.17) is 4.74 Å². The first kappa shape index (κ1) is 20.4. The third-order valence-electron chi connectivity index (χ3n) is 4.70. The Hall–Kier alpha value is -3.35. The fourth-order valence-corrected chi connectivity index (χ4v) is 3.36. The maximum Gasteiger partial charge on any atom is 0.227 e. The molecule has 0 unspecified atom stereocenters. The van der Waals surface area contributed by atoms with Crippen molar-refractivity contribution in [1.82, 2.24) is 5.32 Å². The lowest BCUT2D eigenvalue weighted by molar-refractivity contribution is -0.126. The molecule has 1 aliphatic heterocycles. The van der Waals surface area contributed by atoms with Crippen LogP contribution in [0, 0.1) is 5.92 Å². The zero-order chi connectivity index (χ0) is 20.8. The molecule has 3 rings (SSSR count). The van der Waals surface area contributed by atoms with Crippen molar-refractivity contribution in [2.75, 3.05) is 23.4 Å². The molecule has 0 aromatic heterocycles. The Balaban J connectivity index is 1.63. The molecule has 3 amide bonds. The molecule has 7 heteroatoms. The maximum atomic E-state index is 12.6. The molecule has 0 spiro atoms. The van der Waals surface area contributed by atoms with Crippen molar-refractivity contribution in [2.24, 2.45) is 5.92 Å². The number of hydrogen-bond donors (Lipinski definition) is 2. The van der Waals surface area contributed by atoms with Crippen LogP contribution in [0.15, 0.2) is 48.5 Å². The number of hydrogen-bond acceptors (Lipinski definition) is 4. The molecule has 0 saturated carbocycles. The minimum absolute atomic E-state index is 0.111. The van der Waals surface area contributed by atoms with Crippen LogP contribution in [0.5, 0.6) is 5.75 Å². The van der Waals surface area contributed by atoms with Gasteiger partial charge in [-0.15, -0.1) is 0 Å². The standard InChI is InChI=1S/C22H25N3O4/c1-3-29-20-10-5-4-7-16(20)13-23-22(28)17-11-21(27)25(14-17)19-9-6-8-18(12-19)24-15(2)26/h4-10,12,17H,3,11,13-14H2,1-2H3,(H,23,28)(H,24,26)/t17-/m1/s1. The lowest BCUT2D eigenvalue weighted by Crippen LogP contribution is -2.32. The van der Waals surface area contributed by atoms with E-state index in [9.17, 15) is 14.4 Å². The maximum absolute atomic E-state index is 12.6. The number of nitrogens with one attached hydrogen (secondary N) is 2. The van der Waals surface area contributed by atoms with E-state index in [1.165, 1.54) is 6.92 Å². The molecule has 7 nitrogen and oxygen atoms in total. The van der Waals surface area contributed by atoms with Gasteiger partial charge in [0.1, 0.15) is 5.75 Å². The minimum atomic E-state index is -0.425. The number of carbonyl (C=O) groups excluding carboxylic acids is 3. The molecule has 2 aromatic carbocycles. The van der Waals surface area contributed by atoms with Gasteiger partial charge in [0.25, 0.3) is 0 Å². The molecule has 0 radical (unpaired) electrons. The molecule has 1 aliphatic rings. The fourth-order valence-electron chi connectivity index (χ4n) is 3.36. The molecule has 1 saturated heterocycles. The van der Waals surface area contributed by atoms with Crippen LogP contribution in [0.3, 0.4) is 0 Å². The number of benzene rings is 2. The molecule has 0 aliphatic carbocycles. The van der Waals surface area contributed by atoms with Gasteiger partial charge < -0.3 is 20.3 Å². The second-order valence-corrected chi connectivity index (χ2v) is 6.90. The predicted molar refractivity (Wildman–Crippen MR) is 111 cm³/mol. The molecule has 2 N–H and O–H groups in total. The molecule has 2 aromatic rings. The van der Waals surface area contributed by atoms with Crippen molar-refractivity contribution in [2.45, 2.75) is 26.8 Å². The van der Waals surface area contributed by atoms with Crippen molar-refractivity contribution in [3.05, 3.63) is 54.1 Å². The predicted octanol–water partition coefficient (Wildman–Crippen LogP) is 2.71. The summed E-state index contributed by atoms with van der Waals surface area (Å²) in [6.45, 7) is 4.54. The first-order chi connectivity index (χ1) is 14.0. The summed E-state index contributed by atoms with van der Waals surface area (Å²) in [4.78, 5) is 37.9. The van der Waals surface area contributed by atoms with Gasteiger partial charge in [-0.2, -0.15) is 0 Å². The van der Waals surface area contributed by atoms with E-state index in [-0.39, 0.29) is 24.1 Å². The molecule has 29 heavy (non-hydrogen) atoms. The molecule has 1 heterocycles. The zero-order valence-electron chi connectivity index (χ0n) is 16.6. The molecular formula is C22H25N3O4. The monoisotopic (exact) mass is 395 g/mol. The summed E-state index contributed by atoms with van der Waals surface area (Å²) in [5.74, 6) is -0.134. The lowest BCUT2D eigenvalue weighted by atomic mass is 10.1. The Labute approximate surface area is 170 Å². The zero-order valence-corrected chi connectivity index (χ0v) is 16.6. The Bertz CT molecular complexity index is 912. The number of nitrogens with zero attached hydrogens (tertiary/aromatic N) is 1. The first-order valence-electron chi connectivity index (χ1n) is 9.64. The highest BCUT2D eigenvalue weighted by molar-refractivity contribution is 6.01. The van der Waals surface area contributed by atoms with E-state index in [1.54, 1.807) is 29.2 Å². The number of anilines is 2. The van der Waals surface area contributed by atoms with Crippen LogP contribution in [0.25, 0.3) is 0 Å². The van der Waals surface area contributed by atoms with Crippen molar-refractivity contribution < 1.29 is 19.1 Å². The summed E-state index contributed by atoms with van der Waals surface area (Å²) in [5, 5.41) is 5.62. The summed E-state index contributed by atoms with van der Waals surface area (Å²) in [6.07, 6.45) is 0.156.